The molecular formula is C15H26N2O3S. The van der Waals surface area contributed by atoms with Gasteiger partial charge in [0.05, 0.1) is 12.0 Å². The first kappa shape index (κ1) is 17.9. The molecule has 0 aliphatic carbocycles. The lowest BCUT2D eigenvalue weighted by molar-refractivity contribution is 0.413. The SMILES string of the molecule is CCC(NS(=O)(=O)c1ccc(OC)cc1CCN)C(C)C. The Hall–Kier alpha value is -1.11. The fourth-order valence-corrected chi connectivity index (χ4v) is 3.97. The van der Waals surface area contributed by atoms with Crippen LogP contribution in [0.5, 0.6) is 5.75 Å². The van der Waals surface area contributed by atoms with E-state index in [1.165, 1.54) is 0 Å². The fourth-order valence-electron chi connectivity index (χ4n) is 2.25. The molecule has 3 N–H and O–H groups in total. The predicted octanol–water partition coefficient (Wildman–Crippen LogP) is 1.91. The van der Waals surface area contributed by atoms with E-state index in [1.54, 1.807) is 25.3 Å². The number of benzene rings is 1. The van der Waals surface area contributed by atoms with Gasteiger partial charge in [0.25, 0.3) is 0 Å². The van der Waals surface area contributed by atoms with Crippen molar-refractivity contribution in [3.63, 3.8) is 0 Å². The molecule has 5 nitrogen and oxygen atoms in total. The summed E-state index contributed by atoms with van der Waals surface area (Å²) in [5.74, 6) is 0.870. The van der Waals surface area contributed by atoms with Crippen molar-refractivity contribution in [3.8, 4) is 5.75 Å². The summed E-state index contributed by atoms with van der Waals surface area (Å²) in [6.45, 7) is 6.37. The summed E-state index contributed by atoms with van der Waals surface area (Å²) in [6.07, 6.45) is 1.24. The zero-order valence-corrected chi connectivity index (χ0v) is 14.0. The van der Waals surface area contributed by atoms with Crippen molar-refractivity contribution in [3.05, 3.63) is 23.8 Å². The largest absolute Gasteiger partial charge is 0.497 e. The molecule has 0 radical (unpaired) electrons. The minimum absolute atomic E-state index is 0.0807. The predicted molar refractivity (Wildman–Crippen MR) is 85.0 cm³/mol. The molecule has 6 heteroatoms. The molecule has 0 aliphatic heterocycles. The van der Waals surface area contributed by atoms with Crippen molar-refractivity contribution in [2.24, 2.45) is 11.7 Å². The van der Waals surface area contributed by atoms with Crippen LogP contribution in [-0.4, -0.2) is 28.1 Å². The van der Waals surface area contributed by atoms with Gasteiger partial charge in [-0.25, -0.2) is 13.1 Å². The van der Waals surface area contributed by atoms with Gasteiger partial charge in [0.2, 0.25) is 10.0 Å². The average Bonchev–Trinajstić information content (AvgIpc) is 2.44. The topological polar surface area (TPSA) is 81.4 Å². The van der Waals surface area contributed by atoms with Crippen LogP contribution in [0.15, 0.2) is 23.1 Å². The summed E-state index contributed by atoms with van der Waals surface area (Å²) < 4.78 is 33.2. The van der Waals surface area contributed by atoms with Gasteiger partial charge < -0.3 is 10.5 Å². The number of nitrogens with two attached hydrogens (primary N) is 1. The van der Waals surface area contributed by atoms with Gasteiger partial charge in [-0.2, -0.15) is 0 Å². The zero-order valence-electron chi connectivity index (χ0n) is 13.2. The standard InChI is InChI=1S/C15H26N2O3S/c1-5-14(11(2)3)17-21(18,19)15-7-6-13(20-4)10-12(15)8-9-16/h6-7,10-11,14,17H,5,8-9,16H2,1-4H3. The van der Waals surface area contributed by atoms with Crippen LogP contribution >= 0.6 is 0 Å². The molecule has 1 aromatic rings. The lowest BCUT2D eigenvalue weighted by Gasteiger charge is -2.21. The van der Waals surface area contributed by atoms with Crippen LogP contribution in [0.2, 0.25) is 0 Å². The normalized spacial score (nSPS) is 13.4. The highest BCUT2D eigenvalue weighted by atomic mass is 32.2. The second-order valence-electron chi connectivity index (χ2n) is 5.39. The van der Waals surface area contributed by atoms with E-state index in [2.05, 4.69) is 4.72 Å². The molecule has 21 heavy (non-hydrogen) atoms. The van der Waals surface area contributed by atoms with Crippen LogP contribution in [-0.2, 0) is 16.4 Å². The smallest absolute Gasteiger partial charge is 0.241 e. The maximum atomic E-state index is 12.6. The van der Waals surface area contributed by atoms with Crippen molar-refractivity contribution in [1.82, 2.24) is 4.72 Å². The Morgan fingerprint density at radius 2 is 2.00 bits per heavy atom. The molecule has 0 aliphatic rings. The van der Waals surface area contributed by atoms with E-state index in [9.17, 15) is 8.42 Å². The van der Waals surface area contributed by atoms with Crippen LogP contribution in [0.1, 0.15) is 32.8 Å². The summed E-state index contributed by atoms with van der Waals surface area (Å²) >= 11 is 0. The molecular weight excluding hydrogens is 288 g/mol. The number of ether oxygens (including phenoxy) is 1. The number of hydrogen-bond donors (Lipinski definition) is 2. The fraction of sp³-hybridized carbons (Fsp3) is 0.600. The maximum absolute atomic E-state index is 12.6. The van der Waals surface area contributed by atoms with Crippen LogP contribution in [0.25, 0.3) is 0 Å². The number of hydrogen-bond acceptors (Lipinski definition) is 4. The Morgan fingerprint density at radius 1 is 1.33 bits per heavy atom. The van der Waals surface area contributed by atoms with E-state index >= 15 is 0 Å². The van der Waals surface area contributed by atoms with E-state index in [0.717, 1.165) is 6.42 Å². The lowest BCUT2D eigenvalue weighted by Crippen LogP contribution is -2.38. The Kier molecular flexibility index (Phi) is 6.64. The van der Waals surface area contributed by atoms with Gasteiger partial charge in [0.15, 0.2) is 0 Å². The Bertz CT molecular complexity index is 556. The summed E-state index contributed by atoms with van der Waals surface area (Å²) in [5, 5.41) is 0. The first-order chi connectivity index (χ1) is 9.85. The minimum Gasteiger partial charge on any atom is -0.497 e. The third-order valence-electron chi connectivity index (χ3n) is 3.52. The van der Waals surface area contributed by atoms with Gasteiger partial charge in [0.1, 0.15) is 5.75 Å². The Balaban J connectivity index is 3.17. The summed E-state index contributed by atoms with van der Waals surface area (Å²) in [6, 6.07) is 4.89. The molecule has 1 rings (SSSR count). The second kappa shape index (κ2) is 7.77. The molecule has 0 saturated carbocycles. The highest BCUT2D eigenvalue weighted by Crippen LogP contribution is 2.23. The van der Waals surface area contributed by atoms with Crippen molar-refractivity contribution in [2.45, 2.75) is 44.6 Å². The van der Waals surface area contributed by atoms with E-state index in [4.69, 9.17) is 10.5 Å². The highest BCUT2D eigenvalue weighted by Gasteiger charge is 2.23. The second-order valence-corrected chi connectivity index (χ2v) is 7.07. The van der Waals surface area contributed by atoms with E-state index in [0.29, 0.717) is 24.3 Å². The van der Waals surface area contributed by atoms with Crippen molar-refractivity contribution in [2.75, 3.05) is 13.7 Å². The summed E-state index contributed by atoms with van der Waals surface area (Å²) in [5.41, 5.74) is 6.27. The number of sulfonamides is 1. The first-order valence-electron chi connectivity index (χ1n) is 7.25. The summed E-state index contributed by atoms with van der Waals surface area (Å²) in [4.78, 5) is 0.285. The van der Waals surface area contributed by atoms with Crippen LogP contribution < -0.4 is 15.2 Å². The molecule has 0 aromatic heterocycles. The average molecular weight is 314 g/mol. The minimum atomic E-state index is -3.56. The van der Waals surface area contributed by atoms with Crippen molar-refractivity contribution < 1.29 is 13.2 Å². The van der Waals surface area contributed by atoms with Gasteiger partial charge in [-0.3, -0.25) is 0 Å². The Morgan fingerprint density at radius 3 is 2.48 bits per heavy atom. The molecule has 1 aromatic carbocycles. The molecule has 120 valence electrons. The first-order valence-corrected chi connectivity index (χ1v) is 8.73. The molecule has 1 unspecified atom stereocenters. The molecule has 0 bridgehead atoms. The highest BCUT2D eigenvalue weighted by molar-refractivity contribution is 7.89. The van der Waals surface area contributed by atoms with Gasteiger partial charge in [0, 0.05) is 6.04 Å². The van der Waals surface area contributed by atoms with E-state index in [-0.39, 0.29) is 16.9 Å². The van der Waals surface area contributed by atoms with Gasteiger partial charge in [-0.1, -0.05) is 20.8 Å². The monoisotopic (exact) mass is 314 g/mol. The quantitative estimate of drug-likeness (QED) is 0.768. The van der Waals surface area contributed by atoms with Crippen molar-refractivity contribution in [1.29, 1.82) is 0 Å². The van der Waals surface area contributed by atoms with Gasteiger partial charge in [-0.05, 0) is 49.1 Å². The number of methoxy groups -OCH3 is 1. The molecule has 0 saturated heterocycles. The number of nitrogens with one attached hydrogen (secondary N) is 1. The van der Waals surface area contributed by atoms with Gasteiger partial charge in [-0.15, -0.1) is 0 Å². The van der Waals surface area contributed by atoms with Crippen LogP contribution in [0.3, 0.4) is 0 Å². The molecule has 0 heterocycles. The van der Waals surface area contributed by atoms with Crippen LogP contribution in [0, 0.1) is 5.92 Å². The van der Waals surface area contributed by atoms with Crippen molar-refractivity contribution >= 4 is 10.0 Å². The third kappa shape index (κ3) is 4.69. The van der Waals surface area contributed by atoms with E-state index < -0.39 is 10.0 Å². The third-order valence-corrected chi connectivity index (χ3v) is 5.11. The molecule has 0 amide bonds. The van der Waals surface area contributed by atoms with E-state index in [1.807, 2.05) is 20.8 Å². The molecule has 0 spiro atoms. The zero-order chi connectivity index (χ0) is 16.0. The maximum Gasteiger partial charge on any atom is 0.241 e. The lowest BCUT2D eigenvalue weighted by atomic mass is 10.0. The van der Waals surface area contributed by atoms with Gasteiger partial charge >= 0.3 is 0 Å². The molecule has 1 atom stereocenters. The molecule has 0 fully saturated rings. The van der Waals surface area contributed by atoms with Crippen LogP contribution in [0.4, 0.5) is 0 Å². The number of rotatable bonds is 8. The summed E-state index contributed by atoms with van der Waals surface area (Å²) in [7, 11) is -2.00. The Labute approximate surface area is 127 Å².